The van der Waals surface area contributed by atoms with Crippen molar-refractivity contribution in [2.75, 3.05) is 16.6 Å². The molecule has 0 atom stereocenters. The number of sulfonamides is 1. The summed E-state index contributed by atoms with van der Waals surface area (Å²) in [7, 11) is -3.85. The molecule has 3 rings (SSSR count). The molecule has 30 heavy (non-hydrogen) atoms. The number of hydrogen-bond acceptors (Lipinski definition) is 6. The van der Waals surface area contributed by atoms with Crippen LogP contribution in [0.15, 0.2) is 59.6 Å². The number of aryl methyl sites for hydroxylation is 2. The predicted octanol–water partition coefficient (Wildman–Crippen LogP) is 3.57. The van der Waals surface area contributed by atoms with E-state index in [1.165, 1.54) is 30.5 Å². The molecule has 0 bridgehead atoms. The average molecular weight is 447 g/mol. The van der Waals surface area contributed by atoms with Crippen molar-refractivity contribution < 1.29 is 17.9 Å². The third-order valence-corrected chi connectivity index (χ3v) is 5.74. The summed E-state index contributed by atoms with van der Waals surface area (Å²) in [5.41, 5.74) is 1.91. The lowest BCUT2D eigenvalue weighted by Crippen LogP contribution is -2.20. The van der Waals surface area contributed by atoms with E-state index in [1.54, 1.807) is 31.2 Å². The van der Waals surface area contributed by atoms with Crippen molar-refractivity contribution in [1.29, 1.82) is 0 Å². The van der Waals surface area contributed by atoms with Gasteiger partial charge in [-0.15, -0.1) is 0 Å². The molecule has 10 heteroatoms. The van der Waals surface area contributed by atoms with Crippen LogP contribution in [-0.2, 0) is 14.8 Å². The van der Waals surface area contributed by atoms with Crippen molar-refractivity contribution in [3.05, 3.63) is 71.0 Å². The molecule has 8 nitrogen and oxygen atoms in total. The molecule has 1 amide bonds. The molecule has 3 aromatic rings. The third kappa shape index (κ3) is 5.68. The van der Waals surface area contributed by atoms with Crippen LogP contribution >= 0.6 is 11.6 Å². The Kier molecular flexibility index (Phi) is 6.53. The number of anilines is 2. The minimum Gasteiger partial charge on any atom is -0.484 e. The summed E-state index contributed by atoms with van der Waals surface area (Å²) in [6.45, 7) is 3.37. The summed E-state index contributed by atoms with van der Waals surface area (Å²) in [4.78, 5) is 20.0. The summed E-state index contributed by atoms with van der Waals surface area (Å²) < 4.78 is 32.7. The van der Waals surface area contributed by atoms with E-state index in [1.807, 2.05) is 6.92 Å². The number of halogens is 1. The topological polar surface area (TPSA) is 110 Å². The highest BCUT2D eigenvalue weighted by atomic mass is 35.5. The lowest BCUT2D eigenvalue weighted by Gasteiger charge is -2.10. The molecule has 0 saturated heterocycles. The number of nitrogens with zero attached hydrogens (tertiary/aromatic N) is 2. The Bertz CT molecular complexity index is 1170. The maximum absolute atomic E-state index is 12.4. The summed E-state index contributed by atoms with van der Waals surface area (Å²) >= 11 is 5.96. The van der Waals surface area contributed by atoms with Crippen LogP contribution in [0.1, 0.15) is 11.3 Å². The zero-order chi connectivity index (χ0) is 21.7. The van der Waals surface area contributed by atoms with Gasteiger partial charge in [-0.3, -0.25) is 4.79 Å². The van der Waals surface area contributed by atoms with E-state index >= 15 is 0 Å². The fourth-order valence-corrected chi connectivity index (χ4v) is 3.52. The monoisotopic (exact) mass is 446 g/mol. The molecule has 0 aliphatic rings. The first kappa shape index (κ1) is 21.5. The van der Waals surface area contributed by atoms with Crippen molar-refractivity contribution in [3.63, 3.8) is 0 Å². The Morgan fingerprint density at radius 3 is 2.50 bits per heavy atom. The van der Waals surface area contributed by atoms with Crippen LogP contribution in [-0.4, -0.2) is 30.9 Å². The Hall–Kier alpha value is -3.17. The Balaban J connectivity index is 1.59. The highest BCUT2D eigenvalue weighted by Crippen LogP contribution is 2.21. The predicted molar refractivity (Wildman–Crippen MR) is 114 cm³/mol. The van der Waals surface area contributed by atoms with Crippen molar-refractivity contribution in [2.24, 2.45) is 0 Å². The van der Waals surface area contributed by atoms with Crippen molar-refractivity contribution in [3.8, 4) is 5.75 Å². The lowest BCUT2D eigenvalue weighted by molar-refractivity contribution is -0.118. The number of amides is 1. The van der Waals surface area contributed by atoms with Crippen LogP contribution < -0.4 is 14.8 Å². The van der Waals surface area contributed by atoms with Crippen molar-refractivity contribution in [1.82, 2.24) is 9.97 Å². The maximum atomic E-state index is 12.4. The Morgan fingerprint density at radius 2 is 1.83 bits per heavy atom. The molecule has 1 aromatic heterocycles. The van der Waals surface area contributed by atoms with Gasteiger partial charge in [0.1, 0.15) is 5.75 Å². The number of carbonyl (C=O) groups is 1. The number of rotatable bonds is 7. The molecule has 156 valence electrons. The van der Waals surface area contributed by atoms with Crippen LogP contribution in [0.2, 0.25) is 5.02 Å². The number of aromatic nitrogens is 2. The number of ether oxygens (including phenoxy) is 1. The SMILES string of the molecule is Cc1ccnc(NS(=O)(=O)c2ccc(NC(=O)COc3ccc(Cl)c(C)c3)cc2)n1. The molecule has 0 fully saturated rings. The van der Waals surface area contributed by atoms with Crippen molar-refractivity contribution in [2.45, 2.75) is 18.7 Å². The van der Waals surface area contributed by atoms with Crippen LogP contribution in [0.5, 0.6) is 5.75 Å². The van der Waals surface area contributed by atoms with Gasteiger partial charge in [-0.05, 0) is 67.9 Å². The molecule has 0 saturated carbocycles. The van der Waals surface area contributed by atoms with Crippen molar-refractivity contribution >= 4 is 39.2 Å². The molecule has 2 aromatic carbocycles. The van der Waals surface area contributed by atoms with Gasteiger partial charge in [0.05, 0.1) is 4.90 Å². The van der Waals surface area contributed by atoms with E-state index in [-0.39, 0.29) is 23.4 Å². The minimum atomic E-state index is -3.85. The van der Waals surface area contributed by atoms with Crippen LogP contribution in [0, 0.1) is 13.8 Å². The van der Waals surface area contributed by atoms with Gasteiger partial charge in [0.15, 0.2) is 6.61 Å². The van der Waals surface area contributed by atoms with Gasteiger partial charge >= 0.3 is 0 Å². The van der Waals surface area contributed by atoms with Crippen LogP contribution in [0.3, 0.4) is 0 Å². The van der Waals surface area contributed by atoms with Gasteiger partial charge < -0.3 is 10.1 Å². The van der Waals surface area contributed by atoms with E-state index in [0.29, 0.717) is 22.2 Å². The second kappa shape index (κ2) is 9.10. The van der Waals surface area contributed by atoms with E-state index < -0.39 is 10.0 Å². The third-order valence-electron chi connectivity index (χ3n) is 3.97. The number of nitrogens with one attached hydrogen (secondary N) is 2. The Labute approximate surface area is 179 Å². The molecule has 0 spiro atoms. The summed E-state index contributed by atoms with van der Waals surface area (Å²) in [5, 5.41) is 3.26. The molecular weight excluding hydrogens is 428 g/mol. The second-order valence-corrected chi connectivity index (χ2v) is 8.49. The van der Waals surface area contributed by atoms with Gasteiger partial charge in [-0.25, -0.2) is 23.1 Å². The largest absolute Gasteiger partial charge is 0.484 e. The highest BCUT2D eigenvalue weighted by molar-refractivity contribution is 7.92. The van der Waals surface area contributed by atoms with E-state index in [2.05, 4.69) is 20.0 Å². The van der Waals surface area contributed by atoms with E-state index in [9.17, 15) is 13.2 Å². The zero-order valence-electron chi connectivity index (χ0n) is 16.2. The van der Waals surface area contributed by atoms with Crippen LogP contribution in [0.25, 0.3) is 0 Å². The van der Waals surface area contributed by atoms with Gasteiger partial charge in [0.25, 0.3) is 15.9 Å². The summed E-state index contributed by atoms with van der Waals surface area (Å²) in [5.74, 6) is 0.129. The van der Waals surface area contributed by atoms with Crippen LogP contribution in [0.4, 0.5) is 11.6 Å². The first-order chi connectivity index (χ1) is 14.2. The molecule has 0 radical (unpaired) electrons. The first-order valence-corrected chi connectivity index (χ1v) is 10.7. The molecule has 2 N–H and O–H groups in total. The lowest BCUT2D eigenvalue weighted by atomic mass is 10.2. The fourth-order valence-electron chi connectivity index (χ4n) is 2.45. The van der Waals surface area contributed by atoms with Gasteiger partial charge in [0.2, 0.25) is 5.95 Å². The van der Waals surface area contributed by atoms with Gasteiger partial charge in [-0.2, -0.15) is 0 Å². The van der Waals surface area contributed by atoms with E-state index in [0.717, 1.165) is 5.56 Å². The molecule has 0 aliphatic heterocycles. The quantitative estimate of drug-likeness (QED) is 0.574. The standard InChI is InChI=1S/C20H19ClN4O4S/c1-13-11-16(5-8-18(13)21)29-12-19(26)24-15-3-6-17(7-4-15)30(27,28)25-20-22-10-9-14(2)23-20/h3-11H,12H2,1-2H3,(H,24,26)(H,22,23,25). The molecule has 0 unspecified atom stereocenters. The maximum Gasteiger partial charge on any atom is 0.264 e. The smallest absolute Gasteiger partial charge is 0.264 e. The molecular formula is C20H19ClN4O4S. The van der Waals surface area contributed by atoms with Gasteiger partial charge in [-0.1, -0.05) is 11.6 Å². The average Bonchev–Trinajstić information content (AvgIpc) is 2.69. The number of carbonyl (C=O) groups excluding carboxylic acids is 1. The summed E-state index contributed by atoms with van der Waals surface area (Å²) in [6.07, 6.45) is 1.46. The minimum absolute atomic E-state index is 0.0121. The zero-order valence-corrected chi connectivity index (χ0v) is 17.8. The molecule has 1 heterocycles. The second-order valence-electron chi connectivity index (χ2n) is 6.40. The Morgan fingerprint density at radius 1 is 1.10 bits per heavy atom. The van der Waals surface area contributed by atoms with E-state index in [4.69, 9.17) is 16.3 Å². The van der Waals surface area contributed by atoms with Gasteiger partial charge in [0, 0.05) is 22.6 Å². The first-order valence-electron chi connectivity index (χ1n) is 8.84. The fraction of sp³-hybridized carbons (Fsp3) is 0.150. The number of hydrogen-bond donors (Lipinski definition) is 2. The normalized spacial score (nSPS) is 11.0. The molecule has 0 aliphatic carbocycles. The highest BCUT2D eigenvalue weighted by Gasteiger charge is 2.16. The summed E-state index contributed by atoms with van der Waals surface area (Å²) in [6, 6.07) is 12.5. The number of benzene rings is 2.